The highest BCUT2D eigenvalue weighted by Gasteiger charge is 2.07. The first kappa shape index (κ1) is 14.5. The molecule has 0 aromatic heterocycles. The van der Waals surface area contributed by atoms with Gasteiger partial charge in [-0.3, -0.25) is 9.59 Å². The Labute approximate surface area is 110 Å². The largest absolute Gasteiger partial charge is 0.481 e. The number of hydrogen-bond acceptors (Lipinski definition) is 4. The van der Waals surface area contributed by atoms with E-state index in [4.69, 9.17) is 5.11 Å². The molecular weight excluding hydrogens is 248 g/mol. The van der Waals surface area contributed by atoms with Gasteiger partial charge in [0.25, 0.3) is 0 Å². The van der Waals surface area contributed by atoms with Crippen molar-refractivity contribution in [1.29, 1.82) is 0 Å². The van der Waals surface area contributed by atoms with Crippen LogP contribution in [0.1, 0.15) is 28.8 Å². The van der Waals surface area contributed by atoms with Crippen LogP contribution in [-0.4, -0.2) is 29.9 Å². The van der Waals surface area contributed by atoms with Crippen LogP contribution in [0.25, 0.3) is 0 Å². The molecule has 0 saturated heterocycles. The zero-order valence-corrected chi connectivity index (χ0v) is 10.3. The molecule has 0 aliphatic carbocycles. The number of carbonyl (C=O) groups is 3. The van der Waals surface area contributed by atoms with Gasteiger partial charge in [0, 0.05) is 23.5 Å². The smallest absolute Gasteiger partial charge is 0.384 e. The number of esters is 1. The molecule has 5 heteroatoms. The number of methoxy groups -OCH3 is 1. The van der Waals surface area contributed by atoms with Crippen LogP contribution in [0.5, 0.6) is 0 Å². The summed E-state index contributed by atoms with van der Waals surface area (Å²) < 4.78 is 4.37. The predicted octanol–water partition coefficient (Wildman–Crippen LogP) is 1.26. The van der Waals surface area contributed by atoms with Crippen LogP contribution >= 0.6 is 0 Å². The van der Waals surface area contributed by atoms with Crippen molar-refractivity contribution < 1.29 is 24.2 Å². The van der Waals surface area contributed by atoms with Crippen molar-refractivity contribution in [3.8, 4) is 11.8 Å². The van der Waals surface area contributed by atoms with Crippen LogP contribution in [-0.2, 0) is 14.3 Å². The highest BCUT2D eigenvalue weighted by atomic mass is 16.5. The van der Waals surface area contributed by atoms with Gasteiger partial charge in [-0.05, 0) is 12.1 Å². The van der Waals surface area contributed by atoms with E-state index in [2.05, 4.69) is 16.6 Å². The molecule has 1 aromatic rings. The highest BCUT2D eigenvalue weighted by Crippen LogP contribution is 2.07. The maximum Gasteiger partial charge on any atom is 0.384 e. The number of carboxylic acid groups (broad SMARTS) is 1. The summed E-state index contributed by atoms with van der Waals surface area (Å²) in [5.41, 5.74) is 0.991. The second-order valence-corrected chi connectivity index (χ2v) is 3.64. The van der Waals surface area contributed by atoms with E-state index in [1.165, 1.54) is 7.11 Å². The molecule has 0 unspecified atom stereocenters. The molecule has 0 heterocycles. The van der Waals surface area contributed by atoms with Crippen LogP contribution in [0.3, 0.4) is 0 Å². The Hall–Kier alpha value is -2.61. The first-order valence-corrected chi connectivity index (χ1v) is 5.48. The van der Waals surface area contributed by atoms with Gasteiger partial charge in [-0.25, -0.2) is 4.79 Å². The van der Waals surface area contributed by atoms with Crippen LogP contribution in [0.15, 0.2) is 24.3 Å². The molecule has 0 spiro atoms. The van der Waals surface area contributed by atoms with Crippen molar-refractivity contribution in [2.45, 2.75) is 12.8 Å². The summed E-state index contributed by atoms with van der Waals surface area (Å²) in [6, 6.07) is 6.27. The molecule has 0 aliphatic rings. The molecule has 0 radical (unpaired) electrons. The van der Waals surface area contributed by atoms with Crippen molar-refractivity contribution in [2.24, 2.45) is 0 Å². The Balaban J connectivity index is 2.70. The fourth-order valence-electron chi connectivity index (χ4n) is 1.28. The Morgan fingerprint density at radius 1 is 1.16 bits per heavy atom. The van der Waals surface area contributed by atoms with Crippen molar-refractivity contribution in [3.63, 3.8) is 0 Å². The lowest BCUT2D eigenvalue weighted by Crippen LogP contribution is -2.03. The maximum atomic E-state index is 11.6. The molecule has 98 valence electrons. The van der Waals surface area contributed by atoms with Gasteiger partial charge in [0.1, 0.15) is 0 Å². The van der Waals surface area contributed by atoms with Gasteiger partial charge < -0.3 is 9.84 Å². The molecule has 1 rings (SSSR count). The van der Waals surface area contributed by atoms with Crippen molar-refractivity contribution >= 4 is 17.7 Å². The third-order valence-corrected chi connectivity index (χ3v) is 2.27. The van der Waals surface area contributed by atoms with E-state index in [9.17, 15) is 14.4 Å². The first-order chi connectivity index (χ1) is 9.02. The fraction of sp³-hybridized carbons (Fsp3) is 0.214. The number of ketones is 1. The lowest BCUT2D eigenvalue weighted by Gasteiger charge is -1.99. The minimum absolute atomic E-state index is 0.0392. The summed E-state index contributed by atoms with van der Waals surface area (Å²) in [5.74, 6) is 2.96. The van der Waals surface area contributed by atoms with E-state index in [-0.39, 0.29) is 18.6 Å². The molecule has 19 heavy (non-hydrogen) atoms. The molecule has 0 saturated carbocycles. The standard InChI is InChI=1S/C14H12O5/c1-19-14(18)9-4-10-2-5-11(6-3-10)12(15)7-8-13(16)17/h2-3,5-6H,7-8H2,1H3,(H,16,17). The Bertz CT molecular complexity index is 545. The predicted molar refractivity (Wildman–Crippen MR) is 66.5 cm³/mol. The molecule has 0 amide bonds. The lowest BCUT2D eigenvalue weighted by molar-refractivity contribution is -0.137. The Morgan fingerprint density at radius 2 is 1.79 bits per heavy atom. The van der Waals surface area contributed by atoms with E-state index >= 15 is 0 Å². The molecular formula is C14H12O5. The highest BCUT2D eigenvalue weighted by molar-refractivity contribution is 5.97. The van der Waals surface area contributed by atoms with Gasteiger partial charge in [-0.2, -0.15) is 0 Å². The zero-order chi connectivity index (χ0) is 14.3. The quantitative estimate of drug-likeness (QED) is 0.500. The number of rotatable bonds is 4. The Morgan fingerprint density at radius 3 is 2.32 bits per heavy atom. The summed E-state index contributed by atoms with van der Waals surface area (Å²) in [6.07, 6.45) is -0.231. The number of Topliss-reactive ketones (excluding diaryl/α,β-unsaturated/α-hetero) is 1. The lowest BCUT2D eigenvalue weighted by atomic mass is 10.0. The van der Waals surface area contributed by atoms with Crippen molar-refractivity contribution in [2.75, 3.05) is 7.11 Å². The van der Waals surface area contributed by atoms with E-state index in [1.807, 2.05) is 0 Å². The van der Waals surface area contributed by atoms with Gasteiger partial charge >= 0.3 is 11.9 Å². The fourth-order valence-corrected chi connectivity index (χ4v) is 1.28. The second kappa shape index (κ2) is 6.97. The molecule has 1 aromatic carbocycles. The Kier molecular flexibility index (Phi) is 5.30. The molecule has 5 nitrogen and oxygen atoms in total. The molecule has 0 bridgehead atoms. The average Bonchev–Trinajstić information content (AvgIpc) is 2.42. The molecule has 0 atom stereocenters. The van der Waals surface area contributed by atoms with Crippen molar-refractivity contribution in [1.82, 2.24) is 0 Å². The van der Waals surface area contributed by atoms with E-state index in [0.29, 0.717) is 11.1 Å². The summed E-state index contributed by atoms with van der Waals surface area (Å²) >= 11 is 0. The van der Waals surface area contributed by atoms with Crippen LogP contribution < -0.4 is 0 Å². The molecule has 1 N–H and O–H groups in total. The minimum atomic E-state index is -1.01. The van der Waals surface area contributed by atoms with Crippen LogP contribution in [0.2, 0.25) is 0 Å². The van der Waals surface area contributed by atoms with Gasteiger partial charge in [-0.15, -0.1) is 0 Å². The maximum absolute atomic E-state index is 11.6. The summed E-state index contributed by atoms with van der Waals surface area (Å²) in [7, 11) is 1.24. The van der Waals surface area contributed by atoms with E-state index in [1.54, 1.807) is 24.3 Å². The first-order valence-electron chi connectivity index (χ1n) is 5.48. The SMILES string of the molecule is COC(=O)C#Cc1ccc(C(=O)CCC(=O)O)cc1. The number of carbonyl (C=O) groups excluding carboxylic acids is 2. The van der Waals surface area contributed by atoms with E-state index in [0.717, 1.165) is 0 Å². The summed E-state index contributed by atoms with van der Waals surface area (Å²) in [6.45, 7) is 0. The van der Waals surface area contributed by atoms with E-state index < -0.39 is 11.9 Å². The number of hydrogen-bond donors (Lipinski definition) is 1. The minimum Gasteiger partial charge on any atom is -0.481 e. The number of carboxylic acids is 1. The summed E-state index contributed by atoms with van der Waals surface area (Å²) in [4.78, 5) is 32.8. The molecule has 0 aliphatic heterocycles. The third-order valence-electron chi connectivity index (χ3n) is 2.27. The van der Waals surface area contributed by atoms with Gasteiger partial charge in [-0.1, -0.05) is 18.1 Å². The van der Waals surface area contributed by atoms with Crippen molar-refractivity contribution in [3.05, 3.63) is 35.4 Å². The molecule has 0 fully saturated rings. The van der Waals surface area contributed by atoms with Gasteiger partial charge in [0.05, 0.1) is 13.5 Å². The topological polar surface area (TPSA) is 80.7 Å². The number of benzene rings is 1. The average molecular weight is 260 g/mol. The second-order valence-electron chi connectivity index (χ2n) is 3.64. The normalized spacial score (nSPS) is 9.11. The van der Waals surface area contributed by atoms with Crippen LogP contribution in [0.4, 0.5) is 0 Å². The zero-order valence-electron chi connectivity index (χ0n) is 10.3. The number of ether oxygens (including phenoxy) is 1. The summed E-state index contributed by atoms with van der Waals surface area (Å²) in [5, 5.41) is 8.48. The van der Waals surface area contributed by atoms with Crippen LogP contribution in [0, 0.1) is 11.8 Å². The third kappa shape index (κ3) is 5.04. The number of aliphatic carboxylic acids is 1. The monoisotopic (exact) mass is 260 g/mol. The van der Waals surface area contributed by atoms with Gasteiger partial charge in [0.2, 0.25) is 0 Å². The van der Waals surface area contributed by atoms with Gasteiger partial charge in [0.15, 0.2) is 5.78 Å².